The van der Waals surface area contributed by atoms with E-state index in [-0.39, 0.29) is 4.83 Å². The Hall–Kier alpha value is -0.130. The number of nitrogens with zero attached hydrogens (tertiary/aromatic N) is 1. The van der Waals surface area contributed by atoms with Crippen LogP contribution in [-0.4, -0.2) is 4.98 Å². The molecule has 0 N–H and O–H groups in total. The summed E-state index contributed by atoms with van der Waals surface area (Å²) >= 11 is 12.1. The van der Waals surface area contributed by atoms with Gasteiger partial charge in [0.15, 0.2) is 0 Å². The number of halogens is 3. The van der Waals surface area contributed by atoms with E-state index < -0.39 is 0 Å². The molecule has 1 atom stereocenters. The van der Waals surface area contributed by atoms with Crippen LogP contribution in [0.1, 0.15) is 16.0 Å². The molecule has 0 bridgehead atoms. The van der Waals surface area contributed by atoms with E-state index in [9.17, 15) is 0 Å². The number of hydrogen-bond donors (Lipinski definition) is 0. The highest BCUT2D eigenvalue weighted by Gasteiger charge is 2.10. The number of aromatic nitrogens is 1. The molecule has 2 rings (SSSR count). The van der Waals surface area contributed by atoms with Crippen molar-refractivity contribution >= 4 is 50.1 Å². The Morgan fingerprint density at radius 1 is 1.35 bits per heavy atom. The minimum Gasteiger partial charge on any atom is -0.263 e. The lowest BCUT2D eigenvalue weighted by Crippen LogP contribution is -1.97. The Labute approximate surface area is 128 Å². The summed E-state index contributed by atoms with van der Waals surface area (Å²) in [5.74, 6) is 0. The molecule has 0 aliphatic carbocycles. The molecule has 2 aromatic rings. The van der Waals surface area contributed by atoms with E-state index in [1.165, 1.54) is 9.13 Å². The van der Waals surface area contributed by atoms with Crippen molar-refractivity contribution in [2.75, 3.05) is 0 Å². The normalized spacial score (nSPS) is 12.4. The van der Waals surface area contributed by atoms with Crippen LogP contribution in [0.25, 0.3) is 0 Å². The number of rotatable bonds is 3. The largest absolute Gasteiger partial charge is 0.263 e. The molecule has 88 valence electrons. The summed E-state index contributed by atoms with van der Waals surface area (Å²) in [6.07, 6.45) is 4.32. The van der Waals surface area contributed by atoms with Crippen LogP contribution in [0.2, 0.25) is 5.02 Å². The van der Waals surface area contributed by atoms with E-state index in [1.54, 1.807) is 12.4 Å². The molecule has 0 spiro atoms. The minimum atomic E-state index is 0.275. The third kappa shape index (κ3) is 3.66. The average molecular weight is 422 g/mol. The second kappa shape index (κ2) is 6.16. The lowest BCUT2D eigenvalue weighted by Gasteiger charge is -2.11. The topological polar surface area (TPSA) is 12.9 Å². The molecular formula is C13H10BrClIN. The van der Waals surface area contributed by atoms with Gasteiger partial charge in [0.25, 0.3) is 0 Å². The smallest absolute Gasteiger partial charge is 0.0621 e. The molecule has 1 heterocycles. The molecule has 0 aliphatic heterocycles. The van der Waals surface area contributed by atoms with Crippen LogP contribution >= 0.6 is 50.1 Å². The molecule has 0 saturated heterocycles. The maximum atomic E-state index is 6.10. The molecule has 1 aromatic heterocycles. The van der Waals surface area contributed by atoms with Crippen molar-refractivity contribution in [2.45, 2.75) is 11.2 Å². The van der Waals surface area contributed by atoms with Gasteiger partial charge >= 0.3 is 0 Å². The molecule has 1 nitrogen and oxygen atoms in total. The van der Waals surface area contributed by atoms with Gasteiger partial charge in [0.05, 0.1) is 5.02 Å². The lowest BCUT2D eigenvalue weighted by atomic mass is 10.1. The third-order valence-electron chi connectivity index (χ3n) is 2.47. The molecule has 1 unspecified atom stereocenters. The highest BCUT2D eigenvalue weighted by atomic mass is 127. The molecule has 0 fully saturated rings. The molecule has 0 aliphatic rings. The van der Waals surface area contributed by atoms with E-state index >= 15 is 0 Å². The van der Waals surface area contributed by atoms with Gasteiger partial charge in [-0.2, -0.15) is 0 Å². The van der Waals surface area contributed by atoms with Crippen LogP contribution in [0.5, 0.6) is 0 Å². The molecule has 0 amide bonds. The van der Waals surface area contributed by atoms with Crippen molar-refractivity contribution in [1.29, 1.82) is 0 Å². The highest BCUT2D eigenvalue weighted by Crippen LogP contribution is 2.30. The summed E-state index contributed by atoms with van der Waals surface area (Å²) < 4.78 is 1.24. The summed E-state index contributed by atoms with van der Waals surface area (Å²) in [6.45, 7) is 0. The van der Waals surface area contributed by atoms with Crippen molar-refractivity contribution in [1.82, 2.24) is 4.98 Å². The zero-order valence-electron chi connectivity index (χ0n) is 8.91. The van der Waals surface area contributed by atoms with Crippen LogP contribution in [0.3, 0.4) is 0 Å². The summed E-state index contributed by atoms with van der Waals surface area (Å²) in [5, 5.41) is 0.725. The first-order chi connectivity index (χ1) is 8.16. The fourth-order valence-electron chi connectivity index (χ4n) is 1.58. The third-order valence-corrected chi connectivity index (χ3v) is 4.33. The molecule has 17 heavy (non-hydrogen) atoms. The van der Waals surface area contributed by atoms with Gasteiger partial charge < -0.3 is 0 Å². The van der Waals surface area contributed by atoms with E-state index in [2.05, 4.69) is 67.8 Å². The van der Waals surface area contributed by atoms with Crippen molar-refractivity contribution in [3.8, 4) is 0 Å². The quantitative estimate of drug-likeness (QED) is 0.500. The minimum absolute atomic E-state index is 0.275. The predicted octanol–water partition coefficient (Wildman–Crippen LogP) is 5.02. The summed E-state index contributed by atoms with van der Waals surface area (Å²) in [5.41, 5.74) is 2.38. The maximum Gasteiger partial charge on any atom is 0.0621 e. The van der Waals surface area contributed by atoms with Gasteiger partial charge in [-0.15, -0.1) is 0 Å². The Balaban J connectivity index is 2.17. The second-order valence-electron chi connectivity index (χ2n) is 3.69. The van der Waals surface area contributed by atoms with Gasteiger partial charge in [0, 0.05) is 20.8 Å². The molecule has 0 radical (unpaired) electrons. The SMILES string of the molecule is Clc1cnccc1CC(Br)c1cccc(I)c1. The fraction of sp³-hybridized carbons (Fsp3) is 0.154. The summed E-state index contributed by atoms with van der Waals surface area (Å²) in [6, 6.07) is 10.4. The monoisotopic (exact) mass is 421 g/mol. The Morgan fingerprint density at radius 3 is 2.88 bits per heavy atom. The summed E-state index contributed by atoms with van der Waals surface area (Å²) in [4.78, 5) is 4.27. The Morgan fingerprint density at radius 2 is 2.18 bits per heavy atom. The van der Waals surface area contributed by atoms with E-state index in [1.807, 2.05) is 6.07 Å². The number of alkyl halides is 1. The van der Waals surface area contributed by atoms with Gasteiger partial charge in [-0.05, 0) is 58.3 Å². The molecule has 4 heteroatoms. The molecular weight excluding hydrogens is 412 g/mol. The van der Waals surface area contributed by atoms with Crippen molar-refractivity contribution in [2.24, 2.45) is 0 Å². The Kier molecular flexibility index (Phi) is 4.82. The van der Waals surface area contributed by atoms with Crippen LogP contribution < -0.4 is 0 Å². The number of hydrogen-bond acceptors (Lipinski definition) is 1. The van der Waals surface area contributed by atoms with Crippen LogP contribution in [0.4, 0.5) is 0 Å². The first-order valence-corrected chi connectivity index (χ1v) is 7.52. The van der Waals surface area contributed by atoms with E-state index in [0.717, 1.165) is 17.0 Å². The maximum absolute atomic E-state index is 6.10. The van der Waals surface area contributed by atoms with E-state index in [0.29, 0.717) is 0 Å². The fourth-order valence-corrected chi connectivity index (χ4v) is 2.98. The first-order valence-electron chi connectivity index (χ1n) is 5.15. The number of pyridine rings is 1. The Bertz CT molecular complexity index is 518. The van der Waals surface area contributed by atoms with Gasteiger partial charge in [-0.25, -0.2) is 0 Å². The standard InChI is InChI=1S/C13H10BrClIN/c14-12(9-2-1-3-11(16)6-9)7-10-4-5-17-8-13(10)15/h1-6,8,12H,7H2. The van der Waals surface area contributed by atoms with Gasteiger partial charge in [0.1, 0.15) is 0 Å². The van der Waals surface area contributed by atoms with Crippen molar-refractivity contribution < 1.29 is 0 Å². The van der Waals surface area contributed by atoms with Gasteiger partial charge in [0.2, 0.25) is 0 Å². The summed E-state index contributed by atoms with van der Waals surface area (Å²) in [7, 11) is 0. The number of benzene rings is 1. The lowest BCUT2D eigenvalue weighted by molar-refractivity contribution is 0.943. The molecule has 1 aromatic carbocycles. The second-order valence-corrected chi connectivity index (χ2v) is 6.45. The zero-order chi connectivity index (χ0) is 12.3. The van der Waals surface area contributed by atoms with Crippen molar-refractivity contribution in [3.05, 3.63) is 62.4 Å². The highest BCUT2D eigenvalue weighted by molar-refractivity contribution is 14.1. The molecule has 0 saturated carbocycles. The van der Waals surface area contributed by atoms with Gasteiger partial charge in [-0.3, -0.25) is 4.98 Å². The van der Waals surface area contributed by atoms with Crippen LogP contribution in [0, 0.1) is 3.57 Å². The zero-order valence-corrected chi connectivity index (χ0v) is 13.4. The average Bonchev–Trinajstić information content (AvgIpc) is 2.32. The van der Waals surface area contributed by atoms with E-state index in [4.69, 9.17) is 11.6 Å². The van der Waals surface area contributed by atoms with Crippen molar-refractivity contribution in [3.63, 3.8) is 0 Å². The van der Waals surface area contributed by atoms with Gasteiger partial charge in [-0.1, -0.05) is 39.7 Å². The first kappa shape index (κ1) is 13.3. The predicted molar refractivity (Wildman–Crippen MR) is 83.8 cm³/mol. The van der Waals surface area contributed by atoms with Crippen LogP contribution in [-0.2, 0) is 6.42 Å². The van der Waals surface area contributed by atoms with Crippen LogP contribution in [0.15, 0.2) is 42.7 Å².